The summed E-state index contributed by atoms with van der Waals surface area (Å²) in [4.78, 5) is 0. The van der Waals surface area contributed by atoms with E-state index in [4.69, 9.17) is 4.74 Å². The largest absolute Gasteiger partial charge is 0.419 e. The van der Waals surface area contributed by atoms with Gasteiger partial charge in [-0.2, -0.15) is 13.2 Å². The van der Waals surface area contributed by atoms with Crippen LogP contribution >= 0.6 is 0 Å². The molecule has 5 heteroatoms. The average molecular weight is 352 g/mol. The van der Waals surface area contributed by atoms with Crippen molar-refractivity contribution in [1.82, 2.24) is 0 Å². The molecule has 1 N–H and O–H groups in total. The van der Waals surface area contributed by atoms with Crippen molar-refractivity contribution < 1.29 is 23.0 Å². The van der Waals surface area contributed by atoms with Gasteiger partial charge >= 0.3 is 6.18 Å². The SMILES string of the molecule is C=C(C)c1ccc2cc(C(C)(C)OCC(C)(O)C(F)(F)F)ccc2c1. The fourth-order valence-electron chi connectivity index (χ4n) is 2.37. The molecular weight excluding hydrogens is 329 g/mol. The molecule has 2 aromatic rings. The van der Waals surface area contributed by atoms with Crippen LogP contribution in [0.5, 0.6) is 0 Å². The van der Waals surface area contributed by atoms with E-state index in [1.54, 1.807) is 13.8 Å². The van der Waals surface area contributed by atoms with Gasteiger partial charge in [-0.3, -0.25) is 0 Å². The van der Waals surface area contributed by atoms with Gasteiger partial charge in [-0.15, -0.1) is 0 Å². The van der Waals surface area contributed by atoms with Crippen molar-refractivity contribution in [2.75, 3.05) is 6.61 Å². The first kappa shape index (κ1) is 19.5. The highest BCUT2D eigenvalue weighted by molar-refractivity contribution is 5.86. The number of hydrogen-bond donors (Lipinski definition) is 1. The second kappa shape index (κ2) is 6.46. The first-order valence-electron chi connectivity index (χ1n) is 7.97. The minimum Gasteiger partial charge on any atom is -0.379 e. The Kier molecular flexibility index (Phi) is 5.04. The summed E-state index contributed by atoms with van der Waals surface area (Å²) in [5, 5.41) is 11.5. The Bertz CT molecular complexity index is 789. The lowest BCUT2D eigenvalue weighted by atomic mass is 9.93. The molecule has 2 aromatic carbocycles. The molecule has 2 rings (SSSR count). The standard InChI is InChI=1S/C20H23F3O2/c1-13(2)14-6-7-16-11-17(9-8-15(16)10-14)18(3,4)25-12-19(5,24)20(21,22)23/h6-11,24H,1,12H2,2-5H3. The van der Waals surface area contributed by atoms with Crippen molar-refractivity contribution >= 4 is 16.3 Å². The van der Waals surface area contributed by atoms with E-state index in [2.05, 4.69) is 6.58 Å². The average Bonchev–Trinajstić information content (AvgIpc) is 2.51. The van der Waals surface area contributed by atoms with E-state index < -0.39 is 24.0 Å². The molecular formula is C20H23F3O2. The molecule has 0 heterocycles. The number of benzene rings is 2. The quantitative estimate of drug-likeness (QED) is 0.777. The summed E-state index contributed by atoms with van der Waals surface area (Å²) in [5.74, 6) is 0. The highest BCUT2D eigenvalue weighted by Crippen LogP contribution is 2.34. The highest BCUT2D eigenvalue weighted by Gasteiger charge is 2.50. The maximum atomic E-state index is 12.8. The molecule has 2 nitrogen and oxygen atoms in total. The van der Waals surface area contributed by atoms with Crippen molar-refractivity contribution in [2.45, 2.75) is 45.1 Å². The van der Waals surface area contributed by atoms with Crippen molar-refractivity contribution in [3.63, 3.8) is 0 Å². The van der Waals surface area contributed by atoms with E-state index in [0.29, 0.717) is 6.92 Å². The molecule has 0 aliphatic carbocycles. The smallest absolute Gasteiger partial charge is 0.379 e. The van der Waals surface area contributed by atoms with Gasteiger partial charge in [0.1, 0.15) is 0 Å². The number of aliphatic hydroxyl groups is 1. The maximum absolute atomic E-state index is 12.8. The van der Waals surface area contributed by atoms with E-state index in [9.17, 15) is 18.3 Å². The van der Waals surface area contributed by atoms with Crippen LogP contribution in [0.4, 0.5) is 13.2 Å². The molecule has 0 aliphatic heterocycles. The van der Waals surface area contributed by atoms with E-state index in [0.717, 1.165) is 27.5 Å². The van der Waals surface area contributed by atoms with Gasteiger partial charge < -0.3 is 9.84 Å². The summed E-state index contributed by atoms with van der Waals surface area (Å²) in [5.41, 5.74) is -1.13. The number of rotatable bonds is 5. The maximum Gasteiger partial charge on any atom is 0.419 e. The first-order valence-corrected chi connectivity index (χ1v) is 7.97. The van der Waals surface area contributed by atoms with E-state index in [-0.39, 0.29) is 0 Å². The van der Waals surface area contributed by atoms with Crippen LogP contribution < -0.4 is 0 Å². The molecule has 25 heavy (non-hydrogen) atoms. The van der Waals surface area contributed by atoms with Crippen LogP contribution in [0.2, 0.25) is 0 Å². The van der Waals surface area contributed by atoms with E-state index in [1.807, 2.05) is 43.3 Å². The Morgan fingerprint density at radius 3 is 2.16 bits per heavy atom. The van der Waals surface area contributed by atoms with Crippen molar-refractivity contribution in [1.29, 1.82) is 0 Å². The van der Waals surface area contributed by atoms with Gasteiger partial charge in [0.25, 0.3) is 0 Å². The Morgan fingerprint density at radius 1 is 1.04 bits per heavy atom. The molecule has 1 unspecified atom stereocenters. The zero-order valence-corrected chi connectivity index (χ0v) is 14.9. The fraction of sp³-hybridized carbons (Fsp3) is 0.400. The lowest BCUT2D eigenvalue weighted by Crippen LogP contribution is -2.47. The summed E-state index contributed by atoms with van der Waals surface area (Å²) in [7, 11) is 0. The Morgan fingerprint density at radius 2 is 1.60 bits per heavy atom. The van der Waals surface area contributed by atoms with Gasteiger partial charge in [0.2, 0.25) is 0 Å². The Balaban J connectivity index is 2.27. The third-order valence-corrected chi connectivity index (χ3v) is 4.35. The van der Waals surface area contributed by atoms with Crippen LogP contribution in [0.15, 0.2) is 43.0 Å². The van der Waals surface area contributed by atoms with Crippen LogP contribution in [0.3, 0.4) is 0 Å². The van der Waals surface area contributed by atoms with Crippen molar-refractivity contribution in [2.24, 2.45) is 0 Å². The second-order valence-electron chi connectivity index (χ2n) is 7.13. The van der Waals surface area contributed by atoms with Crippen molar-refractivity contribution in [3.05, 3.63) is 54.1 Å². The summed E-state index contributed by atoms with van der Waals surface area (Å²) >= 11 is 0. The van der Waals surface area contributed by atoms with E-state index >= 15 is 0 Å². The fourth-order valence-corrected chi connectivity index (χ4v) is 2.37. The van der Waals surface area contributed by atoms with Gasteiger partial charge in [0.05, 0.1) is 12.2 Å². The molecule has 0 amide bonds. The summed E-state index contributed by atoms with van der Waals surface area (Å²) in [6, 6.07) is 11.5. The zero-order chi connectivity index (χ0) is 19.0. The van der Waals surface area contributed by atoms with Crippen LogP contribution in [0, 0.1) is 0 Å². The predicted molar refractivity (Wildman–Crippen MR) is 94.3 cm³/mol. The van der Waals surface area contributed by atoms with Crippen LogP contribution in [-0.4, -0.2) is 23.5 Å². The number of halogens is 3. The van der Waals surface area contributed by atoms with Gasteiger partial charge in [0.15, 0.2) is 5.60 Å². The zero-order valence-electron chi connectivity index (χ0n) is 14.9. The first-order chi connectivity index (χ1) is 11.3. The van der Waals surface area contributed by atoms with E-state index in [1.165, 1.54) is 0 Å². The molecule has 1 atom stereocenters. The molecule has 0 bridgehead atoms. The second-order valence-corrected chi connectivity index (χ2v) is 7.13. The summed E-state index contributed by atoms with van der Waals surface area (Å²) in [6.07, 6.45) is -4.74. The molecule has 0 saturated carbocycles. The van der Waals surface area contributed by atoms with Crippen LogP contribution in [-0.2, 0) is 10.3 Å². The minimum atomic E-state index is -4.74. The molecule has 136 valence electrons. The molecule has 0 aromatic heterocycles. The number of hydrogen-bond acceptors (Lipinski definition) is 2. The summed E-state index contributed by atoms with van der Waals surface area (Å²) < 4.78 is 43.8. The van der Waals surface area contributed by atoms with Crippen LogP contribution in [0.1, 0.15) is 38.8 Å². The lowest BCUT2D eigenvalue weighted by molar-refractivity contribution is -0.276. The number of fused-ring (bicyclic) bond motifs is 1. The Hall–Kier alpha value is -1.85. The highest BCUT2D eigenvalue weighted by atomic mass is 19.4. The minimum absolute atomic E-state index is 0.711. The molecule has 0 fully saturated rings. The topological polar surface area (TPSA) is 29.5 Å². The number of ether oxygens (including phenoxy) is 1. The third-order valence-electron chi connectivity index (χ3n) is 4.35. The van der Waals surface area contributed by atoms with Crippen LogP contribution in [0.25, 0.3) is 16.3 Å². The lowest BCUT2D eigenvalue weighted by Gasteiger charge is -2.32. The molecule has 0 aliphatic rings. The van der Waals surface area contributed by atoms with Gasteiger partial charge in [-0.05, 0) is 61.7 Å². The van der Waals surface area contributed by atoms with Crippen molar-refractivity contribution in [3.8, 4) is 0 Å². The van der Waals surface area contributed by atoms with Gasteiger partial charge in [-0.1, -0.05) is 36.4 Å². The Labute approximate surface area is 145 Å². The molecule has 0 radical (unpaired) electrons. The van der Waals surface area contributed by atoms with Gasteiger partial charge in [0, 0.05) is 0 Å². The third kappa shape index (κ3) is 4.22. The van der Waals surface area contributed by atoms with Gasteiger partial charge in [-0.25, -0.2) is 0 Å². The normalized spacial score (nSPS) is 15.2. The monoisotopic (exact) mass is 352 g/mol. The predicted octanol–water partition coefficient (Wildman–Crippen LogP) is 5.44. The molecule has 0 spiro atoms. The summed E-state index contributed by atoms with van der Waals surface area (Å²) in [6.45, 7) is 9.09. The molecule has 0 saturated heterocycles. The number of allylic oxidation sites excluding steroid dienone is 1. The number of alkyl halides is 3.